The van der Waals surface area contributed by atoms with Crippen molar-refractivity contribution in [2.24, 2.45) is 0 Å². The van der Waals surface area contributed by atoms with E-state index in [4.69, 9.17) is 14.2 Å². The van der Waals surface area contributed by atoms with Gasteiger partial charge in [-0.1, -0.05) is 12.1 Å². The van der Waals surface area contributed by atoms with E-state index in [1.54, 1.807) is 41.3 Å². The SMILES string of the molecule is O=C(COC(=O)c1cccc(CN2CCCC2=O)c1)NC(=O)Nc1ccc2c(c1)OCCO2. The Hall–Kier alpha value is -4.08. The first-order valence-electron chi connectivity index (χ1n) is 10.5. The molecule has 10 nitrogen and oxygen atoms in total. The molecule has 0 unspecified atom stereocenters. The number of amides is 4. The Morgan fingerprint density at radius 3 is 2.64 bits per heavy atom. The van der Waals surface area contributed by atoms with E-state index in [0.29, 0.717) is 49.9 Å². The number of nitrogens with zero attached hydrogens (tertiary/aromatic N) is 1. The van der Waals surface area contributed by atoms with E-state index in [1.807, 2.05) is 6.07 Å². The van der Waals surface area contributed by atoms with Crippen LogP contribution in [0, 0.1) is 0 Å². The summed E-state index contributed by atoms with van der Waals surface area (Å²) in [4.78, 5) is 49.9. The number of esters is 1. The number of hydrogen-bond donors (Lipinski definition) is 2. The molecule has 172 valence electrons. The Bertz CT molecular complexity index is 1090. The number of benzene rings is 2. The highest BCUT2D eigenvalue weighted by Crippen LogP contribution is 2.32. The average molecular weight is 453 g/mol. The zero-order chi connectivity index (χ0) is 23.2. The number of ether oxygens (including phenoxy) is 3. The Kier molecular flexibility index (Phi) is 6.72. The highest BCUT2D eigenvalue weighted by molar-refractivity contribution is 6.02. The second kappa shape index (κ2) is 10.0. The van der Waals surface area contributed by atoms with Gasteiger partial charge < -0.3 is 24.4 Å². The normalized spacial score (nSPS) is 14.5. The van der Waals surface area contributed by atoms with E-state index in [0.717, 1.165) is 12.0 Å². The van der Waals surface area contributed by atoms with E-state index in [2.05, 4.69) is 10.6 Å². The van der Waals surface area contributed by atoms with Crippen LogP contribution in [0.5, 0.6) is 11.5 Å². The zero-order valence-electron chi connectivity index (χ0n) is 17.8. The van der Waals surface area contributed by atoms with Gasteiger partial charge in [0, 0.05) is 31.3 Å². The van der Waals surface area contributed by atoms with Crippen molar-refractivity contribution in [2.75, 3.05) is 31.7 Å². The molecule has 0 spiro atoms. The zero-order valence-corrected chi connectivity index (χ0v) is 17.8. The molecule has 2 heterocycles. The second-order valence-corrected chi connectivity index (χ2v) is 7.56. The highest BCUT2D eigenvalue weighted by atomic mass is 16.6. The first-order valence-corrected chi connectivity index (χ1v) is 10.5. The number of fused-ring (bicyclic) bond motifs is 1. The molecule has 4 rings (SSSR count). The van der Waals surface area contributed by atoms with Crippen molar-refractivity contribution in [3.63, 3.8) is 0 Å². The topological polar surface area (TPSA) is 123 Å². The first-order chi connectivity index (χ1) is 16.0. The van der Waals surface area contributed by atoms with Gasteiger partial charge in [-0.25, -0.2) is 9.59 Å². The van der Waals surface area contributed by atoms with E-state index in [1.165, 1.54) is 0 Å². The third-order valence-electron chi connectivity index (χ3n) is 5.09. The van der Waals surface area contributed by atoms with Gasteiger partial charge >= 0.3 is 12.0 Å². The van der Waals surface area contributed by atoms with Crippen molar-refractivity contribution in [1.82, 2.24) is 10.2 Å². The van der Waals surface area contributed by atoms with Crippen molar-refractivity contribution in [3.05, 3.63) is 53.6 Å². The number of carbonyl (C=O) groups excluding carboxylic acids is 4. The summed E-state index contributed by atoms with van der Waals surface area (Å²) in [6.45, 7) is 1.35. The lowest BCUT2D eigenvalue weighted by molar-refractivity contribution is -0.128. The quantitative estimate of drug-likeness (QED) is 0.642. The summed E-state index contributed by atoms with van der Waals surface area (Å²) in [6, 6.07) is 10.8. The molecule has 2 aromatic carbocycles. The van der Waals surface area contributed by atoms with Crippen LogP contribution in [0.1, 0.15) is 28.8 Å². The molecule has 10 heteroatoms. The van der Waals surface area contributed by atoms with Crippen LogP contribution in [-0.2, 0) is 20.9 Å². The van der Waals surface area contributed by atoms with Gasteiger partial charge in [-0.3, -0.25) is 14.9 Å². The van der Waals surface area contributed by atoms with Gasteiger partial charge in [-0.15, -0.1) is 0 Å². The molecule has 2 aromatic rings. The predicted molar refractivity (Wildman–Crippen MR) is 116 cm³/mol. The average Bonchev–Trinajstić information content (AvgIpc) is 3.21. The van der Waals surface area contributed by atoms with Crippen LogP contribution < -0.4 is 20.1 Å². The molecular formula is C23H23N3O7. The third-order valence-corrected chi connectivity index (χ3v) is 5.09. The summed E-state index contributed by atoms with van der Waals surface area (Å²) in [5, 5.41) is 4.61. The van der Waals surface area contributed by atoms with Crippen molar-refractivity contribution >= 4 is 29.5 Å². The molecular weight excluding hydrogens is 430 g/mol. The van der Waals surface area contributed by atoms with Crippen LogP contribution in [0.2, 0.25) is 0 Å². The van der Waals surface area contributed by atoms with Crippen LogP contribution in [0.15, 0.2) is 42.5 Å². The Morgan fingerprint density at radius 2 is 1.85 bits per heavy atom. The fourth-order valence-electron chi connectivity index (χ4n) is 3.55. The number of urea groups is 1. The smallest absolute Gasteiger partial charge is 0.338 e. The van der Waals surface area contributed by atoms with Crippen LogP contribution in [0.4, 0.5) is 10.5 Å². The van der Waals surface area contributed by atoms with Gasteiger partial charge in [0.2, 0.25) is 5.91 Å². The number of carbonyl (C=O) groups is 4. The van der Waals surface area contributed by atoms with E-state index in [-0.39, 0.29) is 11.5 Å². The van der Waals surface area contributed by atoms with Gasteiger partial charge in [0.05, 0.1) is 5.56 Å². The number of hydrogen-bond acceptors (Lipinski definition) is 7. The monoisotopic (exact) mass is 453 g/mol. The summed E-state index contributed by atoms with van der Waals surface area (Å²) in [5.41, 5.74) is 1.46. The Morgan fingerprint density at radius 1 is 1.03 bits per heavy atom. The summed E-state index contributed by atoms with van der Waals surface area (Å²) >= 11 is 0. The summed E-state index contributed by atoms with van der Waals surface area (Å²) in [6.07, 6.45) is 1.37. The molecule has 2 N–H and O–H groups in total. The fourth-order valence-corrected chi connectivity index (χ4v) is 3.55. The predicted octanol–water partition coefficient (Wildman–Crippen LogP) is 2.09. The Balaban J connectivity index is 1.24. The molecule has 0 aromatic heterocycles. The number of anilines is 1. The minimum Gasteiger partial charge on any atom is -0.486 e. The standard InChI is InChI=1S/C23H23N3O7/c27-20(25-23(30)24-17-6-7-18-19(12-17)32-10-9-31-18)14-33-22(29)16-4-1-3-15(11-16)13-26-8-2-5-21(26)28/h1,3-4,6-7,11-12H,2,5,8-10,13-14H2,(H2,24,25,27,30). The third kappa shape index (κ3) is 5.79. The summed E-state index contributed by atoms with van der Waals surface area (Å²) in [7, 11) is 0. The van der Waals surface area contributed by atoms with Crippen molar-refractivity contribution in [1.29, 1.82) is 0 Å². The van der Waals surface area contributed by atoms with Gasteiger partial charge in [0.1, 0.15) is 13.2 Å². The van der Waals surface area contributed by atoms with Gasteiger partial charge in [-0.2, -0.15) is 0 Å². The van der Waals surface area contributed by atoms with E-state index < -0.39 is 24.5 Å². The minimum atomic E-state index is -0.780. The van der Waals surface area contributed by atoms with E-state index >= 15 is 0 Å². The van der Waals surface area contributed by atoms with Crippen LogP contribution in [-0.4, -0.2) is 55.1 Å². The van der Waals surface area contributed by atoms with Crippen LogP contribution >= 0.6 is 0 Å². The maximum Gasteiger partial charge on any atom is 0.338 e. The Labute approximate surface area is 189 Å². The maximum atomic E-state index is 12.3. The number of likely N-dealkylation sites (tertiary alicyclic amines) is 1. The molecule has 0 bridgehead atoms. The number of rotatable bonds is 6. The lowest BCUT2D eigenvalue weighted by Gasteiger charge is -2.19. The van der Waals surface area contributed by atoms with Gasteiger partial charge in [0.25, 0.3) is 5.91 Å². The molecule has 2 aliphatic heterocycles. The minimum absolute atomic E-state index is 0.0918. The van der Waals surface area contributed by atoms with E-state index in [9.17, 15) is 19.2 Å². The lowest BCUT2D eigenvalue weighted by atomic mass is 10.1. The molecule has 1 fully saturated rings. The van der Waals surface area contributed by atoms with Gasteiger partial charge in [0.15, 0.2) is 18.1 Å². The van der Waals surface area contributed by atoms with Crippen molar-refractivity contribution in [2.45, 2.75) is 19.4 Å². The molecule has 1 saturated heterocycles. The van der Waals surface area contributed by atoms with Gasteiger partial charge in [-0.05, 0) is 36.2 Å². The van der Waals surface area contributed by atoms with Crippen LogP contribution in [0.25, 0.3) is 0 Å². The van der Waals surface area contributed by atoms with Crippen molar-refractivity contribution in [3.8, 4) is 11.5 Å². The van der Waals surface area contributed by atoms with Crippen LogP contribution in [0.3, 0.4) is 0 Å². The fraction of sp³-hybridized carbons (Fsp3) is 0.304. The van der Waals surface area contributed by atoms with Crippen molar-refractivity contribution < 1.29 is 33.4 Å². The molecule has 2 aliphatic rings. The molecule has 0 saturated carbocycles. The number of imide groups is 1. The molecule has 0 atom stereocenters. The molecule has 0 aliphatic carbocycles. The molecule has 0 radical (unpaired) electrons. The largest absolute Gasteiger partial charge is 0.486 e. The second-order valence-electron chi connectivity index (χ2n) is 7.56. The molecule has 33 heavy (non-hydrogen) atoms. The highest BCUT2D eigenvalue weighted by Gasteiger charge is 2.21. The lowest BCUT2D eigenvalue weighted by Crippen LogP contribution is -2.37. The molecule has 4 amide bonds. The summed E-state index contributed by atoms with van der Waals surface area (Å²) in [5.74, 6) is -0.319. The maximum absolute atomic E-state index is 12.3. The first kappa shape index (κ1) is 22.1. The number of nitrogens with one attached hydrogen (secondary N) is 2. The summed E-state index contributed by atoms with van der Waals surface area (Å²) < 4.78 is 15.9.